The van der Waals surface area contributed by atoms with Crippen molar-refractivity contribution in [3.8, 4) is 0 Å². The highest BCUT2D eigenvalue weighted by molar-refractivity contribution is 5.91. The number of aromatic nitrogens is 4. The van der Waals surface area contributed by atoms with Crippen LogP contribution in [0.2, 0.25) is 0 Å². The van der Waals surface area contributed by atoms with Crippen LogP contribution in [0, 0.1) is 0 Å². The first kappa shape index (κ1) is 17.6. The standard InChI is InChI=1S/C16H20N6O4/c1-8-5-11(6-25-10(3)24)26-15(8)22-7-18-12-13(17-4)20-16(19-9(2)23)21-14(12)22/h7,11H,5-6H2,1-4H3,(H2,17,19,20,21,23)/t11-/m0/s1. The third-order valence-corrected chi connectivity index (χ3v) is 3.79. The van der Waals surface area contributed by atoms with Gasteiger partial charge in [0.1, 0.15) is 19.0 Å². The van der Waals surface area contributed by atoms with Crippen molar-refractivity contribution in [3.05, 3.63) is 11.9 Å². The van der Waals surface area contributed by atoms with E-state index in [9.17, 15) is 9.59 Å². The highest BCUT2D eigenvalue weighted by atomic mass is 16.6. The molecule has 10 nitrogen and oxygen atoms in total. The van der Waals surface area contributed by atoms with Crippen LogP contribution in [0.4, 0.5) is 11.8 Å². The third kappa shape index (κ3) is 3.44. The topological polar surface area (TPSA) is 120 Å². The number of nitrogens with one attached hydrogen (secondary N) is 2. The van der Waals surface area contributed by atoms with Crippen LogP contribution in [0.5, 0.6) is 0 Å². The number of amides is 1. The number of hydrogen-bond donors (Lipinski definition) is 2. The van der Waals surface area contributed by atoms with Gasteiger partial charge in [-0.2, -0.15) is 9.97 Å². The van der Waals surface area contributed by atoms with Crippen molar-refractivity contribution in [1.82, 2.24) is 19.5 Å². The Morgan fingerprint density at radius 2 is 2.15 bits per heavy atom. The first-order valence-corrected chi connectivity index (χ1v) is 8.09. The van der Waals surface area contributed by atoms with Crippen molar-refractivity contribution >= 4 is 40.7 Å². The summed E-state index contributed by atoms with van der Waals surface area (Å²) >= 11 is 0. The summed E-state index contributed by atoms with van der Waals surface area (Å²) in [4.78, 5) is 35.3. The van der Waals surface area contributed by atoms with E-state index in [0.717, 1.165) is 5.57 Å². The van der Waals surface area contributed by atoms with Gasteiger partial charge in [-0.15, -0.1) is 0 Å². The van der Waals surface area contributed by atoms with Crippen LogP contribution in [0.25, 0.3) is 17.0 Å². The molecule has 0 saturated heterocycles. The smallest absolute Gasteiger partial charge is 0.302 e. The molecule has 2 N–H and O–H groups in total. The Kier molecular flexibility index (Phi) is 4.74. The Bertz CT molecular complexity index is 904. The van der Waals surface area contributed by atoms with Crippen molar-refractivity contribution in [2.75, 3.05) is 24.3 Å². The molecule has 0 radical (unpaired) electrons. The summed E-state index contributed by atoms with van der Waals surface area (Å²) in [5.74, 6) is 0.624. The van der Waals surface area contributed by atoms with Crippen molar-refractivity contribution in [2.45, 2.75) is 33.3 Å². The van der Waals surface area contributed by atoms with Gasteiger partial charge < -0.3 is 14.8 Å². The predicted octanol–water partition coefficient (Wildman–Crippen LogP) is 1.37. The maximum absolute atomic E-state index is 11.3. The van der Waals surface area contributed by atoms with Crippen LogP contribution in [-0.2, 0) is 19.1 Å². The molecule has 1 amide bonds. The van der Waals surface area contributed by atoms with Crippen LogP contribution >= 0.6 is 0 Å². The Hall–Kier alpha value is -3.17. The number of rotatable bonds is 5. The molecule has 26 heavy (non-hydrogen) atoms. The molecule has 0 unspecified atom stereocenters. The van der Waals surface area contributed by atoms with Crippen LogP contribution in [0.3, 0.4) is 0 Å². The fourth-order valence-corrected chi connectivity index (χ4v) is 2.73. The van der Waals surface area contributed by atoms with E-state index in [1.807, 2.05) is 6.92 Å². The van der Waals surface area contributed by atoms with Crippen LogP contribution < -0.4 is 10.6 Å². The molecule has 2 aromatic rings. The molecule has 0 saturated carbocycles. The Morgan fingerprint density at radius 1 is 1.38 bits per heavy atom. The van der Waals surface area contributed by atoms with E-state index in [0.29, 0.717) is 29.3 Å². The number of nitrogens with zero attached hydrogens (tertiary/aromatic N) is 4. The zero-order valence-corrected chi connectivity index (χ0v) is 15.0. The van der Waals surface area contributed by atoms with E-state index in [1.165, 1.54) is 13.8 Å². The summed E-state index contributed by atoms with van der Waals surface area (Å²) in [6, 6.07) is 0. The van der Waals surface area contributed by atoms with Gasteiger partial charge in [0.25, 0.3) is 0 Å². The Morgan fingerprint density at radius 3 is 2.81 bits per heavy atom. The van der Waals surface area contributed by atoms with E-state index in [4.69, 9.17) is 9.47 Å². The number of carbonyl (C=O) groups is 2. The molecule has 0 aliphatic carbocycles. The summed E-state index contributed by atoms with van der Waals surface area (Å²) in [6.07, 6.45) is 1.96. The Balaban J connectivity index is 1.96. The summed E-state index contributed by atoms with van der Waals surface area (Å²) in [5, 5.41) is 5.52. The van der Waals surface area contributed by atoms with Gasteiger partial charge in [-0.3, -0.25) is 19.5 Å². The number of ether oxygens (including phenoxy) is 2. The molecule has 1 aliphatic rings. The fraction of sp³-hybridized carbons (Fsp3) is 0.438. The average Bonchev–Trinajstić information content (AvgIpc) is 3.14. The summed E-state index contributed by atoms with van der Waals surface area (Å²) in [7, 11) is 1.71. The molecule has 1 atom stereocenters. The minimum atomic E-state index is -0.348. The SMILES string of the molecule is CNc1nc(NC(C)=O)nc2c1ncn2C1=C(C)C[C@@H](COC(C)=O)O1. The highest BCUT2D eigenvalue weighted by Gasteiger charge is 2.27. The number of imidazole rings is 1. The molecule has 1 aliphatic heterocycles. The number of esters is 1. The lowest BCUT2D eigenvalue weighted by molar-refractivity contribution is -0.143. The van der Waals surface area contributed by atoms with E-state index in [2.05, 4.69) is 25.6 Å². The van der Waals surface area contributed by atoms with Crippen molar-refractivity contribution in [2.24, 2.45) is 0 Å². The van der Waals surface area contributed by atoms with Crippen molar-refractivity contribution < 1.29 is 19.1 Å². The molecular formula is C16H20N6O4. The van der Waals surface area contributed by atoms with E-state index < -0.39 is 0 Å². The van der Waals surface area contributed by atoms with Gasteiger partial charge in [0.2, 0.25) is 11.9 Å². The summed E-state index contributed by atoms with van der Waals surface area (Å²) in [5.41, 5.74) is 2.02. The van der Waals surface area contributed by atoms with E-state index in [1.54, 1.807) is 17.9 Å². The zero-order chi connectivity index (χ0) is 18.8. The Labute approximate surface area is 149 Å². The monoisotopic (exact) mass is 360 g/mol. The second kappa shape index (κ2) is 6.98. The fourth-order valence-electron chi connectivity index (χ4n) is 2.73. The first-order chi connectivity index (χ1) is 12.4. The van der Waals surface area contributed by atoms with Gasteiger partial charge in [0.15, 0.2) is 22.9 Å². The van der Waals surface area contributed by atoms with E-state index in [-0.39, 0.29) is 30.5 Å². The molecule has 3 rings (SSSR count). The number of anilines is 2. The maximum Gasteiger partial charge on any atom is 0.302 e. The molecular weight excluding hydrogens is 340 g/mol. The van der Waals surface area contributed by atoms with Gasteiger partial charge in [0, 0.05) is 27.3 Å². The van der Waals surface area contributed by atoms with Gasteiger partial charge in [-0.25, -0.2) is 4.98 Å². The van der Waals surface area contributed by atoms with Crippen LogP contribution in [0.15, 0.2) is 11.9 Å². The molecule has 0 spiro atoms. The quantitative estimate of drug-likeness (QED) is 0.767. The number of carbonyl (C=O) groups excluding carboxylic acids is 2. The third-order valence-electron chi connectivity index (χ3n) is 3.79. The van der Waals surface area contributed by atoms with Gasteiger partial charge in [0.05, 0.1) is 0 Å². The lowest BCUT2D eigenvalue weighted by atomic mass is 10.2. The molecule has 3 heterocycles. The summed E-state index contributed by atoms with van der Waals surface area (Å²) < 4.78 is 12.7. The van der Waals surface area contributed by atoms with Crippen molar-refractivity contribution in [3.63, 3.8) is 0 Å². The van der Waals surface area contributed by atoms with Gasteiger partial charge >= 0.3 is 5.97 Å². The van der Waals surface area contributed by atoms with Crippen LogP contribution in [-0.4, -0.2) is 51.2 Å². The van der Waals surface area contributed by atoms with Crippen molar-refractivity contribution in [1.29, 1.82) is 0 Å². The number of hydrogen-bond acceptors (Lipinski definition) is 8. The predicted molar refractivity (Wildman–Crippen MR) is 94.2 cm³/mol. The average molecular weight is 360 g/mol. The minimum Gasteiger partial charge on any atom is -0.471 e. The molecule has 10 heteroatoms. The second-order valence-electron chi connectivity index (χ2n) is 5.95. The van der Waals surface area contributed by atoms with E-state index >= 15 is 0 Å². The highest BCUT2D eigenvalue weighted by Crippen LogP contribution is 2.31. The lowest BCUT2D eigenvalue weighted by Crippen LogP contribution is -2.17. The zero-order valence-electron chi connectivity index (χ0n) is 15.0. The molecule has 138 valence electrons. The summed E-state index contributed by atoms with van der Waals surface area (Å²) in [6.45, 7) is 4.86. The minimum absolute atomic E-state index is 0.170. The molecule has 2 aromatic heterocycles. The molecule has 0 fully saturated rings. The second-order valence-corrected chi connectivity index (χ2v) is 5.95. The largest absolute Gasteiger partial charge is 0.471 e. The van der Waals surface area contributed by atoms with Gasteiger partial charge in [-0.05, 0) is 12.5 Å². The number of fused-ring (bicyclic) bond motifs is 1. The van der Waals surface area contributed by atoms with Gasteiger partial charge in [-0.1, -0.05) is 0 Å². The molecule has 0 bridgehead atoms. The molecule has 0 aromatic carbocycles. The first-order valence-electron chi connectivity index (χ1n) is 8.09. The normalized spacial score (nSPS) is 16.5. The lowest BCUT2D eigenvalue weighted by Gasteiger charge is -2.13. The maximum atomic E-state index is 11.3. The van der Waals surface area contributed by atoms with Crippen LogP contribution in [0.1, 0.15) is 27.2 Å².